The molecule has 1 aliphatic rings. The quantitative estimate of drug-likeness (QED) is 0.814. The number of hydrogen-bond donors (Lipinski definition) is 2. The van der Waals surface area contributed by atoms with Crippen molar-refractivity contribution in [2.45, 2.75) is 25.5 Å². The van der Waals surface area contributed by atoms with Gasteiger partial charge in [0.05, 0.1) is 5.69 Å². The number of hydrogen-bond acceptors (Lipinski definition) is 4. The molecule has 140 valence electrons. The zero-order valence-corrected chi connectivity index (χ0v) is 14.8. The number of nitrogens with one attached hydrogen (secondary N) is 1. The second-order valence-electron chi connectivity index (χ2n) is 6.22. The molecule has 0 saturated carbocycles. The van der Waals surface area contributed by atoms with Crippen LogP contribution in [-0.4, -0.2) is 35.5 Å². The normalized spacial score (nSPS) is 16.9. The largest absolute Gasteiger partial charge is 0.479 e. The minimum Gasteiger partial charge on any atom is -0.479 e. The Morgan fingerprint density at radius 1 is 1.15 bits per heavy atom. The van der Waals surface area contributed by atoms with E-state index in [0.717, 1.165) is 0 Å². The molecule has 2 N–H and O–H groups in total. The van der Waals surface area contributed by atoms with Gasteiger partial charge in [-0.25, -0.2) is 4.79 Å². The molecule has 7 nitrogen and oxygen atoms in total. The zero-order valence-electron chi connectivity index (χ0n) is 14.8. The number of carbonyl (C=O) groups excluding carboxylic acids is 2. The summed E-state index contributed by atoms with van der Waals surface area (Å²) < 4.78 is 5.57. The van der Waals surface area contributed by atoms with Crippen molar-refractivity contribution in [2.75, 3.05) is 11.4 Å². The Labute approximate surface area is 156 Å². The average Bonchev–Trinajstić information content (AvgIpc) is 2.67. The molecule has 0 aromatic heterocycles. The van der Waals surface area contributed by atoms with Crippen LogP contribution in [0.4, 0.5) is 5.69 Å². The number of ether oxygens (including phenoxy) is 1. The third-order valence-corrected chi connectivity index (χ3v) is 4.32. The molecule has 1 aliphatic heterocycles. The fraction of sp³-hybridized carbons (Fsp3) is 0.250. The summed E-state index contributed by atoms with van der Waals surface area (Å²) in [6.07, 6.45) is -0.664. The van der Waals surface area contributed by atoms with Crippen molar-refractivity contribution in [1.29, 1.82) is 0 Å². The highest BCUT2D eigenvalue weighted by molar-refractivity contribution is 6.00. The number of amides is 2. The molecule has 0 saturated heterocycles. The molecular formula is C20H20N2O5. The molecule has 7 heteroatoms. The Hall–Kier alpha value is -3.35. The maximum Gasteiger partial charge on any atom is 0.330 e. The van der Waals surface area contributed by atoms with Crippen LogP contribution in [0.25, 0.3) is 0 Å². The molecule has 0 fully saturated rings. The highest BCUT2D eigenvalue weighted by Crippen LogP contribution is 2.33. The second-order valence-corrected chi connectivity index (χ2v) is 6.22. The number of carboxylic acids is 1. The summed E-state index contributed by atoms with van der Waals surface area (Å²) >= 11 is 0. The van der Waals surface area contributed by atoms with Gasteiger partial charge in [0.15, 0.2) is 12.1 Å². The smallest absolute Gasteiger partial charge is 0.330 e. The Balaban J connectivity index is 1.68. The predicted molar refractivity (Wildman–Crippen MR) is 98.5 cm³/mol. The summed E-state index contributed by atoms with van der Waals surface area (Å²) in [6.45, 7) is 1.79. The molecule has 0 bridgehead atoms. The number of carboxylic acid groups (broad SMARTS) is 1. The van der Waals surface area contributed by atoms with E-state index in [-0.39, 0.29) is 18.9 Å². The number of aliphatic carboxylic acids is 1. The molecule has 0 spiro atoms. The summed E-state index contributed by atoms with van der Waals surface area (Å²) in [6, 6.07) is 14.5. The SMILES string of the molecule is CC1Oc2ccccc2N(CCC(=O)N[C@@H](C(=O)O)c2ccccc2)C1=O. The predicted octanol–water partition coefficient (Wildman–Crippen LogP) is 2.13. The third kappa shape index (κ3) is 4.08. The number of para-hydroxylation sites is 2. The van der Waals surface area contributed by atoms with E-state index in [1.54, 1.807) is 55.5 Å². The maximum atomic E-state index is 12.4. The number of nitrogens with zero attached hydrogens (tertiary/aromatic N) is 1. The van der Waals surface area contributed by atoms with Gasteiger partial charge in [0.1, 0.15) is 5.75 Å². The standard InChI is InChI=1S/C20H20N2O5/c1-13-19(24)22(15-9-5-6-10-16(15)27-13)12-11-17(23)21-18(20(25)26)14-7-3-2-4-8-14/h2-10,13,18H,11-12H2,1H3,(H,21,23)(H,25,26)/t13?,18-/m1/s1. The summed E-state index contributed by atoms with van der Waals surface area (Å²) in [5, 5.41) is 11.9. The second kappa shape index (κ2) is 7.90. The van der Waals surface area contributed by atoms with E-state index in [9.17, 15) is 19.5 Å². The minimum atomic E-state index is -1.14. The highest BCUT2D eigenvalue weighted by Gasteiger charge is 2.31. The Bertz CT molecular complexity index is 852. The van der Waals surface area contributed by atoms with Crippen LogP contribution in [0.15, 0.2) is 54.6 Å². The molecule has 3 rings (SSSR count). The van der Waals surface area contributed by atoms with E-state index in [4.69, 9.17) is 4.74 Å². The Morgan fingerprint density at radius 2 is 1.81 bits per heavy atom. The zero-order chi connectivity index (χ0) is 19.4. The first-order valence-corrected chi connectivity index (χ1v) is 8.61. The number of fused-ring (bicyclic) bond motifs is 1. The van der Waals surface area contributed by atoms with Gasteiger partial charge < -0.3 is 20.1 Å². The fourth-order valence-electron chi connectivity index (χ4n) is 2.97. The van der Waals surface area contributed by atoms with Crippen molar-refractivity contribution in [3.63, 3.8) is 0 Å². The van der Waals surface area contributed by atoms with Crippen molar-refractivity contribution in [1.82, 2.24) is 5.32 Å². The lowest BCUT2D eigenvalue weighted by atomic mass is 10.1. The van der Waals surface area contributed by atoms with Gasteiger partial charge in [-0.3, -0.25) is 9.59 Å². The van der Waals surface area contributed by atoms with Gasteiger partial charge in [-0.1, -0.05) is 42.5 Å². The van der Waals surface area contributed by atoms with Gasteiger partial charge in [-0.05, 0) is 24.6 Å². The van der Waals surface area contributed by atoms with Gasteiger partial charge in [0, 0.05) is 13.0 Å². The lowest BCUT2D eigenvalue weighted by molar-refractivity contribution is -0.142. The van der Waals surface area contributed by atoms with Crippen LogP contribution < -0.4 is 15.0 Å². The van der Waals surface area contributed by atoms with Gasteiger partial charge in [-0.15, -0.1) is 0 Å². The van der Waals surface area contributed by atoms with Crippen molar-refractivity contribution >= 4 is 23.5 Å². The number of carbonyl (C=O) groups is 3. The van der Waals surface area contributed by atoms with E-state index in [1.165, 1.54) is 4.90 Å². The molecule has 2 aromatic carbocycles. The van der Waals surface area contributed by atoms with Crippen molar-refractivity contribution in [3.8, 4) is 5.75 Å². The van der Waals surface area contributed by atoms with Crippen LogP contribution in [0.5, 0.6) is 5.75 Å². The Morgan fingerprint density at radius 3 is 2.52 bits per heavy atom. The first kappa shape index (κ1) is 18.4. The number of benzene rings is 2. The third-order valence-electron chi connectivity index (χ3n) is 4.32. The van der Waals surface area contributed by atoms with Crippen LogP contribution in [-0.2, 0) is 14.4 Å². The first-order chi connectivity index (χ1) is 13.0. The topological polar surface area (TPSA) is 95.9 Å². The van der Waals surface area contributed by atoms with E-state index in [1.807, 2.05) is 6.07 Å². The monoisotopic (exact) mass is 368 g/mol. The lowest BCUT2D eigenvalue weighted by Gasteiger charge is -2.32. The molecule has 0 aliphatic carbocycles. The molecule has 2 amide bonds. The van der Waals surface area contributed by atoms with E-state index < -0.39 is 24.0 Å². The maximum absolute atomic E-state index is 12.4. The van der Waals surface area contributed by atoms with Crippen LogP contribution >= 0.6 is 0 Å². The summed E-state index contributed by atoms with van der Waals surface area (Å²) in [5.74, 6) is -1.25. The summed E-state index contributed by atoms with van der Waals surface area (Å²) in [5.41, 5.74) is 1.09. The Kier molecular flexibility index (Phi) is 5.40. The molecule has 1 unspecified atom stereocenters. The van der Waals surface area contributed by atoms with E-state index in [0.29, 0.717) is 17.0 Å². The number of rotatable bonds is 6. The van der Waals surface area contributed by atoms with Gasteiger partial charge in [0.25, 0.3) is 5.91 Å². The minimum absolute atomic E-state index is 0.0244. The van der Waals surface area contributed by atoms with Crippen LogP contribution in [0.1, 0.15) is 24.9 Å². The van der Waals surface area contributed by atoms with Crippen molar-refractivity contribution in [3.05, 3.63) is 60.2 Å². The van der Waals surface area contributed by atoms with Crippen molar-refractivity contribution < 1.29 is 24.2 Å². The highest BCUT2D eigenvalue weighted by atomic mass is 16.5. The van der Waals surface area contributed by atoms with E-state index in [2.05, 4.69) is 5.32 Å². The van der Waals surface area contributed by atoms with Gasteiger partial charge in [-0.2, -0.15) is 0 Å². The van der Waals surface area contributed by atoms with Crippen LogP contribution in [0.2, 0.25) is 0 Å². The molecule has 2 atom stereocenters. The summed E-state index contributed by atoms with van der Waals surface area (Å²) in [4.78, 5) is 37.8. The van der Waals surface area contributed by atoms with Crippen LogP contribution in [0, 0.1) is 0 Å². The molecular weight excluding hydrogens is 348 g/mol. The molecule has 27 heavy (non-hydrogen) atoms. The fourth-order valence-corrected chi connectivity index (χ4v) is 2.97. The first-order valence-electron chi connectivity index (χ1n) is 8.61. The molecule has 1 heterocycles. The van der Waals surface area contributed by atoms with Crippen LogP contribution in [0.3, 0.4) is 0 Å². The van der Waals surface area contributed by atoms with Crippen molar-refractivity contribution in [2.24, 2.45) is 0 Å². The molecule has 2 aromatic rings. The van der Waals surface area contributed by atoms with E-state index >= 15 is 0 Å². The lowest BCUT2D eigenvalue weighted by Crippen LogP contribution is -2.46. The average molecular weight is 368 g/mol. The van der Waals surface area contributed by atoms with Gasteiger partial charge in [0.2, 0.25) is 5.91 Å². The van der Waals surface area contributed by atoms with Gasteiger partial charge >= 0.3 is 5.97 Å². The summed E-state index contributed by atoms with van der Waals surface area (Å²) in [7, 11) is 0. The molecule has 0 radical (unpaired) electrons. The number of anilines is 1.